The third kappa shape index (κ3) is 2.63. The molecule has 3 nitrogen and oxygen atoms in total. The van der Waals surface area contributed by atoms with Gasteiger partial charge in [0, 0.05) is 35.5 Å². The lowest BCUT2D eigenvalue weighted by Gasteiger charge is -2.35. The Kier molecular flexibility index (Phi) is 3.58. The molecule has 2 atom stereocenters. The Bertz CT molecular complexity index is 921. The van der Waals surface area contributed by atoms with Crippen LogP contribution in [0.1, 0.15) is 52.2 Å². The molecule has 2 aromatic rings. The average Bonchev–Trinajstić information content (AvgIpc) is 3.59. The number of amides is 1. The minimum atomic E-state index is -0.946. The number of nitrogens with zero attached hydrogens (tertiary/aromatic N) is 1. The first kappa shape index (κ1) is 16.7. The molecule has 2 aromatic carbocycles. The van der Waals surface area contributed by atoms with E-state index < -0.39 is 6.17 Å². The van der Waals surface area contributed by atoms with Gasteiger partial charge in [-0.25, -0.2) is 8.78 Å². The zero-order valence-corrected chi connectivity index (χ0v) is 15.2. The van der Waals surface area contributed by atoms with Gasteiger partial charge in [-0.15, -0.1) is 0 Å². The summed E-state index contributed by atoms with van der Waals surface area (Å²) in [5, 5.41) is 0. The van der Waals surface area contributed by atoms with Crippen molar-refractivity contribution in [1.29, 1.82) is 0 Å². The fourth-order valence-electron chi connectivity index (χ4n) is 4.39. The van der Waals surface area contributed by atoms with Crippen LogP contribution in [0.3, 0.4) is 0 Å². The fourth-order valence-corrected chi connectivity index (χ4v) is 4.39. The minimum absolute atomic E-state index is 0.142. The van der Waals surface area contributed by atoms with Gasteiger partial charge < -0.3 is 9.64 Å². The first-order chi connectivity index (χ1) is 13.0. The number of rotatable bonds is 4. The van der Waals surface area contributed by atoms with Gasteiger partial charge in [-0.3, -0.25) is 4.79 Å². The van der Waals surface area contributed by atoms with E-state index >= 15 is 4.39 Å². The Labute approximate surface area is 156 Å². The lowest BCUT2D eigenvalue weighted by molar-refractivity contribution is 0.0695. The third-order valence-corrected chi connectivity index (χ3v) is 6.21. The molecule has 0 aromatic heterocycles. The maximum atomic E-state index is 15.2. The molecule has 0 bridgehead atoms. The molecule has 3 aliphatic rings. The van der Waals surface area contributed by atoms with Crippen molar-refractivity contribution >= 4 is 5.91 Å². The van der Waals surface area contributed by atoms with Gasteiger partial charge in [0.05, 0.1) is 7.11 Å². The predicted molar refractivity (Wildman–Crippen MR) is 97.3 cm³/mol. The van der Waals surface area contributed by atoms with Gasteiger partial charge in [0.1, 0.15) is 17.7 Å². The molecule has 140 valence electrons. The second-order valence-electron chi connectivity index (χ2n) is 8.04. The Balaban J connectivity index is 1.47. The summed E-state index contributed by atoms with van der Waals surface area (Å²) in [5.41, 5.74) is 2.15. The lowest BCUT2D eigenvalue weighted by atomic mass is 9.83. The minimum Gasteiger partial charge on any atom is -0.497 e. The standard InChI is InChI=1S/C22H21F2NO2/c1-27-14-4-2-13(3-5-14)11-25-12-22(8-9-22)19-16(21(25)26)7-6-15(20(19)24)17-10-18(17)23/h2-7,17-18H,8-12H2,1H3. The molecular weight excluding hydrogens is 348 g/mol. The van der Waals surface area contributed by atoms with E-state index in [-0.39, 0.29) is 23.1 Å². The first-order valence-electron chi connectivity index (χ1n) is 9.41. The van der Waals surface area contributed by atoms with Crippen LogP contribution >= 0.6 is 0 Å². The Morgan fingerprint density at radius 3 is 2.48 bits per heavy atom. The van der Waals surface area contributed by atoms with Crippen LogP contribution in [0.25, 0.3) is 0 Å². The van der Waals surface area contributed by atoms with Crippen LogP contribution in [0, 0.1) is 5.82 Å². The topological polar surface area (TPSA) is 29.5 Å². The lowest BCUT2D eigenvalue weighted by Crippen LogP contribution is -2.43. The van der Waals surface area contributed by atoms with Gasteiger partial charge in [-0.2, -0.15) is 0 Å². The van der Waals surface area contributed by atoms with Crippen molar-refractivity contribution < 1.29 is 18.3 Å². The van der Waals surface area contributed by atoms with Crippen LogP contribution in [-0.2, 0) is 12.0 Å². The molecule has 1 heterocycles. The number of hydrogen-bond donors (Lipinski definition) is 0. The largest absolute Gasteiger partial charge is 0.497 e. The van der Waals surface area contributed by atoms with Gasteiger partial charge in [-0.1, -0.05) is 18.2 Å². The third-order valence-electron chi connectivity index (χ3n) is 6.21. The van der Waals surface area contributed by atoms with Crippen molar-refractivity contribution in [2.45, 2.75) is 43.3 Å². The van der Waals surface area contributed by atoms with Crippen LogP contribution in [0.15, 0.2) is 36.4 Å². The number of halogens is 2. The van der Waals surface area contributed by atoms with E-state index in [0.29, 0.717) is 36.2 Å². The number of benzene rings is 2. The highest BCUT2D eigenvalue weighted by atomic mass is 19.1. The summed E-state index contributed by atoms with van der Waals surface area (Å²) < 4.78 is 33.9. The highest BCUT2D eigenvalue weighted by molar-refractivity contribution is 5.98. The summed E-state index contributed by atoms with van der Waals surface area (Å²) in [4.78, 5) is 14.8. The second kappa shape index (κ2) is 5.78. The van der Waals surface area contributed by atoms with E-state index in [2.05, 4.69) is 0 Å². The van der Waals surface area contributed by atoms with Crippen LogP contribution in [0.4, 0.5) is 8.78 Å². The van der Waals surface area contributed by atoms with Crippen LogP contribution in [0.2, 0.25) is 0 Å². The molecule has 0 N–H and O–H groups in total. The zero-order valence-electron chi connectivity index (χ0n) is 15.2. The maximum Gasteiger partial charge on any atom is 0.254 e. The second-order valence-corrected chi connectivity index (χ2v) is 8.04. The molecule has 5 rings (SSSR count). The molecule has 2 fully saturated rings. The number of hydrogen-bond acceptors (Lipinski definition) is 2. The van der Waals surface area contributed by atoms with E-state index in [0.717, 1.165) is 24.2 Å². The molecule has 0 saturated heterocycles. The van der Waals surface area contributed by atoms with Crippen LogP contribution in [0.5, 0.6) is 5.75 Å². The number of methoxy groups -OCH3 is 1. The summed E-state index contributed by atoms with van der Waals surface area (Å²) in [5.74, 6) is -0.0453. The number of fused-ring (bicyclic) bond motifs is 2. The molecule has 1 amide bonds. The van der Waals surface area contributed by atoms with Crippen LogP contribution in [-0.4, -0.2) is 30.6 Å². The highest BCUT2D eigenvalue weighted by Gasteiger charge is 2.54. The molecule has 2 unspecified atom stereocenters. The monoisotopic (exact) mass is 369 g/mol. The smallest absolute Gasteiger partial charge is 0.254 e. The molecular formula is C22H21F2NO2. The van der Waals surface area contributed by atoms with Crippen molar-refractivity contribution in [3.63, 3.8) is 0 Å². The quantitative estimate of drug-likeness (QED) is 0.802. The summed E-state index contributed by atoms with van der Waals surface area (Å²) >= 11 is 0. The number of alkyl halides is 1. The van der Waals surface area contributed by atoms with Crippen molar-refractivity contribution in [3.05, 3.63) is 64.5 Å². The van der Waals surface area contributed by atoms with E-state index in [1.54, 1.807) is 19.2 Å². The van der Waals surface area contributed by atoms with E-state index in [4.69, 9.17) is 4.74 Å². The highest BCUT2D eigenvalue weighted by Crippen LogP contribution is 2.55. The van der Waals surface area contributed by atoms with E-state index in [1.807, 2.05) is 29.2 Å². The molecule has 2 saturated carbocycles. The average molecular weight is 369 g/mol. The van der Waals surface area contributed by atoms with Gasteiger partial charge in [0.15, 0.2) is 0 Å². The molecule has 5 heteroatoms. The predicted octanol–water partition coefficient (Wildman–Crippen LogP) is 4.35. The molecule has 0 radical (unpaired) electrons. The molecule has 2 aliphatic carbocycles. The van der Waals surface area contributed by atoms with Crippen LogP contribution < -0.4 is 4.74 Å². The molecule has 1 aliphatic heterocycles. The Morgan fingerprint density at radius 1 is 1.19 bits per heavy atom. The van der Waals surface area contributed by atoms with Crippen molar-refractivity contribution in [2.24, 2.45) is 0 Å². The Hall–Kier alpha value is -2.43. The van der Waals surface area contributed by atoms with E-state index in [1.165, 1.54) is 0 Å². The summed E-state index contributed by atoms with van der Waals surface area (Å²) in [7, 11) is 1.62. The van der Waals surface area contributed by atoms with Gasteiger partial charge in [0.2, 0.25) is 0 Å². The maximum absolute atomic E-state index is 15.2. The van der Waals surface area contributed by atoms with E-state index in [9.17, 15) is 9.18 Å². The van der Waals surface area contributed by atoms with Crippen molar-refractivity contribution in [1.82, 2.24) is 4.90 Å². The first-order valence-corrected chi connectivity index (χ1v) is 9.41. The Morgan fingerprint density at radius 2 is 1.89 bits per heavy atom. The fraction of sp³-hybridized carbons (Fsp3) is 0.409. The SMILES string of the molecule is COc1ccc(CN2CC3(CC3)c3c(ccc(C4CC4F)c3F)C2=O)cc1. The summed E-state index contributed by atoms with van der Waals surface area (Å²) in [6.07, 6.45) is 1.19. The molecule has 27 heavy (non-hydrogen) atoms. The van der Waals surface area contributed by atoms with Gasteiger partial charge in [0.25, 0.3) is 5.91 Å². The number of carbonyl (C=O) groups is 1. The number of carbonyl (C=O) groups excluding carboxylic acids is 1. The normalized spacial score (nSPS) is 24.7. The summed E-state index contributed by atoms with van der Waals surface area (Å²) in [6, 6.07) is 11.0. The van der Waals surface area contributed by atoms with Gasteiger partial charge in [-0.05, 0) is 48.6 Å². The van der Waals surface area contributed by atoms with Crippen molar-refractivity contribution in [3.8, 4) is 5.75 Å². The zero-order chi connectivity index (χ0) is 18.8. The molecule has 1 spiro atoms. The number of ether oxygens (including phenoxy) is 1. The van der Waals surface area contributed by atoms with Crippen molar-refractivity contribution in [2.75, 3.05) is 13.7 Å². The summed E-state index contributed by atoms with van der Waals surface area (Å²) in [6.45, 7) is 1.01. The van der Waals surface area contributed by atoms with Gasteiger partial charge >= 0.3 is 0 Å².